The third kappa shape index (κ3) is 3.32. The highest BCUT2D eigenvalue weighted by Gasteiger charge is 2.60. The van der Waals surface area contributed by atoms with Gasteiger partial charge in [0.2, 0.25) is 11.8 Å². The van der Waals surface area contributed by atoms with Crippen LogP contribution in [-0.2, 0) is 21.6 Å². The van der Waals surface area contributed by atoms with Gasteiger partial charge in [0, 0.05) is 17.7 Å². The van der Waals surface area contributed by atoms with Crippen molar-refractivity contribution in [2.24, 2.45) is 0 Å². The zero-order valence-electron chi connectivity index (χ0n) is 16.1. The highest BCUT2D eigenvalue weighted by Crippen LogP contribution is 2.43. The van der Waals surface area contributed by atoms with Crippen LogP contribution in [0.4, 0.5) is 10.1 Å². The van der Waals surface area contributed by atoms with Crippen molar-refractivity contribution in [1.82, 2.24) is 19.6 Å². The summed E-state index contributed by atoms with van der Waals surface area (Å²) >= 11 is -1.68. The van der Waals surface area contributed by atoms with Crippen LogP contribution in [0.3, 0.4) is 0 Å². The third-order valence-corrected chi connectivity index (χ3v) is 6.68. The molecule has 0 radical (unpaired) electrons. The molecule has 3 N–H and O–H groups in total. The molecule has 3 atom stereocenters. The molecule has 2 saturated heterocycles. The molecule has 4 rings (SSSR count). The topological polar surface area (TPSA) is 136 Å². The van der Waals surface area contributed by atoms with Crippen LogP contribution < -0.4 is 15.4 Å². The number of carbonyl (C=O) groups excluding carboxylic acids is 1. The first kappa shape index (κ1) is 20.3. The number of aromatic nitrogens is 2. The summed E-state index contributed by atoms with van der Waals surface area (Å²) in [5.41, 5.74) is -1.52. The van der Waals surface area contributed by atoms with Crippen LogP contribution in [0, 0.1) is 11.2 Å². The highest BCUT2D eigenvalue weighted by atomic mass is 32.2. The van der Waals surface area contributed by atoms with E-state index in [1.54, 1.807) is 0 Å². The second-order valence-corrected chi connectivity index (χ2v) is 8.29. The lowest BCUT2D eigenvalue weighted by atomic mass is 9.87. The number of guanidine groups is 1. The number of methoxy groups -OCH3 is 1. The van der Waals surface area contributed by atoms with E-state index in [2.05, 4.69) is 20.6 Å². The van der Waals surface area contributed by atoms with Gasteiger partial charge >= 0.3 is 0 Å². The van der Waals surface area contributed by atoms with Gasteiger partial charge in [-0.2, -0.15) is 4.31 Å². The number of amides is 1. The van der Waals surface area contributed by atoms with Crippen molar-refractivity contribution in [3.8, 4) is 5.88 Å². The fourth-order valence-corrected chi connectivity index (χ4v) is 4.84. The lowest BCUT2D eigenvalue weighted by molar-refractivity contribution is 0.102. The summed E-state index contributed by atoms with van der Waals surface area (Å²) in [7, 11) is 2.94. The van der Waals surface area contributed by atoms with Crippen LogP contribution in [0.1, 0.15) is 22.5 Å². The SMILES string of the molecule is COc1cnc(C(=O)Nc2ccc(F)c(C34CCOC3[S+]([O-])N(C)C(=N)N4)c2)cn1. The van der Waals surface area contributed by atoms with E-state index in [-0.39, 0.29) is 29.7 Å². The molecule has 0 spiro atoms. The third-order valence-electron chi connectivity index (χ3n) is 5.05. The van der Waals surface area contributed by atoms with Gasteiger partial charge in [-0.25, -0.2) is 14.4 Å². The molecule has 0 saturated carbocycles. The molecule has 12 heteroatoms. The Morgan fingerprint density at radius 1 is 1.50 bits per heavy atom. The number of carbonyl (C=O) groups is 1. The number of nitrogens with one attached hydrogen (secondary N) is 3. The zero-order chi connectivity index (χ0) is 21.5. The van der Waals surface area contributed by atoms with Crippen molar-refractivity contribution in [1.29, 1.82) is 5.41 Å². The quantitative estimate of drug-likeness (QED) is 0.606. The Kier molecular flexibility index (Phi) is 5.22. The minimum atomic E-state index is -1.68. The monoisotopic (exact) mass is 434 g/mol. The maximum Gasteiger partial charge on any atom is 0.275 e. The molecule has 1 amide bonds. The molecule has 2 aliphatic heterocycles. The van der Waals surface area contributed by atoms with Crippen molar-refractivity contribution >= 4 is 28.9 Å². The molecular formula is C18H19FN6O4S. The second kappa shape index (κ2) is 7.70. The van der Waals surface area contributed by atoms with Gasteiger partial charge in [0.05, 0.1) is 33.2 Å². The molecular weight excluding hydrogens is 415 g/mol. The van der Waals surface area contributed by atoms with Crippen LogP contribution in [0.15, 0.2) is 30.6 Å². The first-order valence-corrected chi connectivity index (χ1v) is 10.1. The fourth-order valence-electron chi connectivity index (χ4n) is 3.47. The number of anilines is 1. The van der Waals surface area contributed by atoms with Gasteiger partial charge in [0.15, 0.2) is 0 Å². The molecule has 2 fully saturated rings. The van der Waals surface area contributed by atoms with Crippen LogP contribution in [0.25, 0.3) is 0 Å². The average Bonchev–Trinajstić information content (AvgIpc) is 3.18. The van der Waals surface area contributed by atoms with E-state index in [9.17, 15) is 13.7 Å². The van der Waals surface area contributed by atoms with Crippen LogP contribution >= 0.6 is 0 Å². The number of fused-ring (bicyclic) bond motifs is 1. The summed E-state index contributed by atoms with van der Waals surface area (Å²) in [5.74, 6) is -0.926. The Bertz CT molecular complexity index is 993. The Morgan fingerprint density at radius 2 is 2.30 bits per heavy atom. The summed E-state index contributed by atoms with van der Waals surface area (Å²) in [6.07, 6.45) is 2.90. The molecule has 2 aromatic rings. The maximum atomic E-state index is 14.9. The van der Waals surface area contributed by atoms with E-state index in [1.165, 1.54) is 49.1 Å². The van der Waals surface area contributed by atoms with E-state index in [4.69, 9.17) is 14.9 Å². The van der Waals surface area contributed by atoms with Gasteiger partial charge in [-0.3, -0.25) is 10.2 Å². The normalized spacial score (nSPS) is 25.5. The smallest absolute Gasteiger partial charge is 0.275 e. The van der Waals surface area contributed by atoms with Crippen molar-refractivity contribution in [3.05, 3.63) is 47.7 Å². The maximum absolute atomic E-state index is 14.9. The number of benzene rings is 1. The summed E-state index contributed by atoms with van der Waals surface area (Å²) in [6, 6.07) is 4.07. The van der Waals surface area contributed by atoms with Crippen LogP contribution in [-0.4, -0.2) is 56.9 Å². The number of rotatable bonds is 4. The average molecular weight is 434 g/mol. The molecule has 3 heterocycles. The lowest BCUT2D eigenvalue weighted by Crippen LogP contribution is -2.65. The zero-order valence-corrected chi connectivity index (χ0v) is 17.0. The van der Waals surface area contributed by atoms with E-state index < -0.39 is 34.1 Å². The molecule has 158 valence electrons. The molecule has 1 aromatic heterocycles. The van der Waals surface area contributed by atoms with E-state index in [0.717, 1.165) is 0 Å². The van der Waals surface area contributed by atoms with Crippen LogP contribution in [0.2, 0.25) is 0 Å². The first-order chi connectivity index (χ1) is 14.4. The molecule has 10 nitrogen and oxygen atoms in total. The number of nitrogens with zero attached hydrogens (tertiary/aromatic N) is 3. The molecule has 2 aliphatic rings. The Balaban J connectivity index is 1.64. The summed E-state index contributed by atoms with van der Waals surface area (Å²) in [5, 5.41) is 13.7. The van der Waals surface area contributed by atoms with Crippen molar-refractivity contribution < 1.29 is 23.2 Å². The molecule has 0 aliphatic carbocycles. The van der Waals surface area contributed by atoms with Gasteiger partial charge in [-0.15, -0.1) is 0 Å². The first-order valence-electron chi connectivity index (χ1n) is 8.96. The van der Waals surface area contributed by atoms with E-state index >= 15 is 0 Å². The van der Waals surface area contributed by atoms with Gasteiger partial charge in [0.1, 0.15) is 28.4 Å². The molecule has 1 aromatic carbocycles. The predicted molar refractivity (Wildman–Crippen MR) is 106 cm³/mol. The Morgan fingerprint density at radius 3 is 3.00 bits per heavy atom. The van der Waals surface area contributed by atoms with Crippen LogP contribution in [0.5, 0.6) is 5.88 Å². The lowest BCUT2D eigenvalue weighted by Gasteiger charge is -2.43. The number of hydrogen-bond acceptors (Lipinski definition) is 7. The van der Waals surface area contributed by atoms with E-state index in [1.807, 2.05) is 0 Å². The van der Waals surface area contributed by atoms with Gasteiger partial charge < -0.3 is 24.7 Å². The fraction of sp³-hybridized carbons (Fsp3) is 0.333. The Hall–Kier alpha value is -2.96. The highest BCUT2D eigenvalue weighted by molar-refractivity contribution is 7.90. The van der Waals surface area contributed by atoms with Crippen molar-refractivity contribution in [2.75, 3.05) is 26.1 Å². The standard InChI is InChI=1S/C18H19FN6O4S/c1-25-17(20)24-18(5-6-29-16(18)30(25)27)11-7-10(3-4-12(11)19)23-15(26)13-8-22-14(28-2)9-21-13/h3-4,7-9,16H,5-6H2,1-2H3,(H2,20,24)(H,23,26). The molecule has 3 unspecified atom stereocenters. The van der Waals surface area contributed by atoms with E-state index in [0.29, 0.717) is 12.1 Å². The number of halogens is 1. The van der Waals surface area contributed by atoms with Crippen molar-refractivity contribution in [3.63, 3.8) is 0 Å². The molecule has 0 bridgehead atoms. The van der Waals surface area contributed by atoms with Gasteiger partial charge in [-0.05, 0) is 18.2 Å². The minimum Gasteiger partial charge on any atom is -0.591 e. The second-order valence-electron chi connectivity index (χ2n) is 6.76. The number of hydrogen-bond donors (Lipinski definition) is 3. The van der Waals surface area contributed by atoms with Gasteiger partial charge in [0.25, 0.3) is 11.3 Å². The molecule has 30 heavy (non-hydrogen) atoms. The summed E-state index contributed by atoms with van der Waals surface area (Å²) < 4.78 is 39.4. The van der Waals surface area contributed by atoms with Crippen molar-refractivity contribution in [2.45, 2.75) is 17.4 Å². The summed E-state index contributed by atoms with van der Waals surface area (Å²) in [6.45, 7) is 0.252. The predicted octanol–water partition coefficient (Wildman–Crippen LogP) is 0.952. The Labute approximate surface area is 174 Å². The van der Waals surface area contributed by atoms with Gasteiger partial charge in [-0.1, -0.05) is 0 Å². The minimum absolute atomic E-state index is 0.0576. The number of ether oxygens (including phenoxy) is 2. The largest absolute Gasteiger partial charge is 0.591 e. The summed E-state index contributed by atoms with van der Waals surface area (Å²) in [4.78, 5) is 20.4.